The van der Waals surface area contributed by atoms with Crippen LogP contribution in [0.25, 0.3) is 0 Å². The highest BCUT2D eigenvalue weighted by atomic mass is 19.1. The van der Waals surface area contributed by atoms with Crippen LogP contribution in [0.5, 0.6) is 5.75 Å². The molecule has 1 N–H and O–H groups in total. The normalized spacial score (nSPS) is 19.5. The van der Waals surface area contributed by atoms with Crippen LogP contribution >= 0.6 is 0 Å². The number of aromatic nitrogens is 1. The Morgan fingerprint density at radius 2 is 2.03 bits per heavy atom. The van der Waals surface area contributed by atoms with Gasteiger partial charge in [0, 0.05) is 56.0 Å². The van der Waals surface area contributed by atoms with Crippen LogP contribution in [0.2, 0.25) is 0 Å². The topological polar surface area (TPSA) is 57.7 Å². The number of methoxy groups -OCH3 is 1. The van der Waals surface area contributed by atoms with Gasteiger partial charge in [-0.25, -0.2) is 4.39 Å². The molecule has 170 valence electrons. The third-order valence-corrected chi connectivity index (χ3v) is 6.64. The predicted molar refractivity (Wildman–Crippen MR) is 126 cm³/mol. The van der Waals surface area contributed by atoms with Crippen molar-refractivity contribution in [1.29, 1.82) is 0 Å². The summed E-state index contributed by atoms with van der Waals surface area (Å²) >= 11 is 0. The minimum atomic E-state index is -0.247. The van der Waals surface area contributed by atoms with E-state index in [0.29, 0.717) is 19.5 Å². The number of piperazine rings is 1. The van der Waals surface area contributed by atoms with E-state index < -0.39 is 0 Å². The molecule has 0 bridgehead atoms. The van der Waals surface area contributed by atoms with Crippen molar-refractivity contribution in [1.82, 2.24) is 10.3 Å². The number of benzene rings is 2. The summed E-state index contributed by atoms with van der Waals surface area (Å²) in [6.45, 7) is 2.71. The molecule has 0 aliphatic carbocycles. The fourth-order valence-electron chi connectivity index (χ4n) is 4.91. The zero-order valence-electron chi connectivity index (χ0n) is 18.6. The summed E-state index contributed by atoms with van der Waals surface area (Å²) in [5.74, 6) is 0.402. The molecular weight excluding hydrogens is 419 g/mol. The molecule has 33 heavy (non-hydrogen) atoms. The largest absolute Gasteiger partial charge is 0.497 e. The van der Waals surface area contributed by atoms with Crippen molar-refractivity contribution < 1.29 is 13.9 Å². The van der Waals surface area contributed by atoms with Crippen molar-refractivity contribution in [2.24, 2.45) is 5.92 Å². The number of carbonyl (C=O) groups excluding carboxylic acids is 1. The van der Waals surface area contributed by atoms with E-state index >= 15 is 0 Å². The molecule has 2 atom stereocenters. The number of ether oxygens (including phenoxy) is 1. The Bertz CT molecular complexity index is 1120. The van der Waals surface area contributed by atoms with Crippen molar-refractivity contribution in [3.05, 3.63) is 83.9 Å². The Labute approximate surface area is 193 Å². The van der Waals surface area contributed by atoms with E-state index in [1.54, 1.807) is 19.5 Å². The molecule has 1 aromatic heterocycles. The Morgan fingerprint density at radius 3 is 2.79 bits per heavy atom. The molecule has 1 saturated heterocycles. The number of amides is 1. The highest BCUT2D eigenvalue weighted by molar-refractivity contribution is 5.82. The standard InChI is InChI=1S/C26H27FN4O2/c1-33-22-9-4-19-13-23(26(32)29-16-18-3-2-10-28-15-18)25-17-30(11-12-31(25)24(19)14-22)21-7-5-20(27)6-8-21/h2-10,14-15,23,25H,11-13,16-17H2,1H3,(H,29,32)/t23-,25-/m1/s1. The monoisotopic (exact) mass is 446 g/mol. The molecule has 2 aromatic carbocycles. The first-order valence-electron chi connectivity index (χ1n) is 11.2. The van der Waals surface area contributed by atoms with Crippen molar-refractivity contribution in [3.63, 3.8) is 0 Å². The molecule has 2 aliphatic rings. The van der Waals surface area contributed by atoms with Gasteiger partial charge in [0.15, 0.2) is 0 Å². The Kier molecular flexibility index (Phi) is 5.86. The molecule has 3 aromatic rings. The number of rotatable bonds is 5. The first-order valence-corrected chi connectivity index (χ1v) is 11.2. The van der Waals surface area contributed by atoms with Crippen LogP contribution in [0, 0.1) is 11.7 Å². The van der Waals surface area contributed by atoms with Gasteiger partial charge in [0.25, 0.3) is 0 Å². The minimum absolute atomic E-state index is 0.00249. The number of anilines is 2. The number of hydrogen-bond donors (Lipinski definition) is 1. The second-order valence-electron chi connectivity index (χ2n) is 8.57. The molecule has 0 spiro atoms. The summed E-state index contributed by atoms with van der Waals surface area (Å²) in [6.07, 6.45) is 4.16. The SMILES string of the molecule is COc1ccc2c(c1)N1CCN(c3ccc(F)cc3)C[C@@H]1[C@H](C(=O)NCc1cccnc1)C2. The van der Waals surface area contributed by atoms with Crippen LogP contribution < -0.4 is 19.9 Å². The number of nitrogens with zero attached hydrogens (tertiary/aromatic N) is 3. The number of hydrogen-bond acceptors (Lipinski definition) is 5. The quantitative estimate of drug-likeness (QED) is 0.651. The van der Waals surface area contributed by atoms with Crippen LogP contribution in [0.15, 0.2) is 67.0 Å². The van der Waals surface area contributed by atoms with Gasteiger partial charge in [-0.15, -0.1) is 0 Å². The lowest BCUT2D eigenvalue weighted by molar-refractivity contribution is -0.126. The molecular formula is C26H27FN4O2. The fraction of sp³-hybridized carbons (Fsp3) is 0.308. The average molecular weight is 447 g/mol. The van der Waals surface area contributed by atoms with Gasteiger partial charge in [0.2, 0.25) is 5.91 Å². The number of nitrogens with one attached hydrogen (secondary N) is 1. The van der Waals surface area contributed by atoms with E-state index in [1.165, 1.54) is 12.1 Å². The Balaban J connectivity index is 1.42. The van der Waals surface area contributed by atoms with E-state index in [1.807, 2.05) is 30.3 Å². The lowest BCUT2D eigenvalue weighted by Crippen LogP contribution is -2.61. The molecule has 1 amide bonds. The van der Waals surface area contributed by atoms with Gasteiger partial charge in [0.05, 0.1) is 19.1 Å². The molecule has 2 aliphatic heterocycles. The highest BCUT2D eigenvalue weighted by Gasteiger charge is 2.41. The maximum Gasteiger partial charge on any atom is 0.225 e. The van der Waals surface area contributed by atoms with Gasteiger partial charge < -0.3 is 19.9 Å². The Morgan fingerprint density at radius 1 is 1.18 bits per heavy atom. The first-order chi connectivity index (χ1) is 16.1. The number of carbonyl (C=O) groups is 1. The van der Waals surface area contributed by atoms with E-state index in [9.17, 15) is 9.18 Å². The molecule has 0 radical (unpaired) electrons. The van der Waals surface area contributed by atoms with Gasteiger partial charge in [-0.2, -0.15) is 0 Å². The first kappa shape index (κ1) is 21.2. The summed E-state index contributed by atoms with van der Waals surface area (Å²) in [5.41, 5.74) is 4.24. The summed E-state index contributed by atoms with van der Waals surface area (Å²) in [4.78, 5) is 22.1. The lowest BCUT2D eigenvalue weighted by atomic mass is 9.83. The molecule has 3 heterocycles. The van der Waals surface area contributed by atoms with Gasteiger partial charge in [-0.05, 0) is 53.9 Å². The summed E-state index contributed by atoms with van der Waals surface area (Å²) in [6, 6.07) is 16.5. The lowest BCUT2D eigenvalue weighted by Gasteiger charge is -2.49. The molecule has 6 nitrogen and oxygen atoms in total. The van der Waals surface area contributed by atoms with Gasteiger partial charge >= 0.3 is 0 Å². The smallest absolute Gasteiger partial charge is 0.225 e. The second kappa shape index (κ2) is 9.10. The Hall–Kier alpha value is -3.61. The average Bonchev–Trinajstić information content (AvgIpc) is 2.87. The van der Waals surface area contributed by atoms with Crippen molar-refractivity contribution >= 4 is 17.3 Å². The predicted octanol–water partition coefficient (Wildman–Crippen LogP) is 3.41. The third-order valence-electron chi connectivity index (χ3n) is 6.64. The van der Waals surface area contributed by atoms with Crippen LogP contribution in [0.3, 0.4) is 0 Å². The second-order valence-corrected chi connectivity index (χ2v) is 8.57. The van der Waals surface area contributed by atoms with E-state index in [-0.39, 0.29) is 23.7 Å². The van der Waals surface area contributed by atoms with Gasteiger partial charge in [-0.1, -0.05) is 12.1 Å². The van der Waals surface area contributed by atoms with Crippen LogP contribution in [-0.2, 0) is 17.8 Å². The zero-order chi connectivity index (χ0) is 22.8. The van der Waals surface area contributed by atoms with Crippen molar-refractivity contribution in [2.75, 3.05) is 36.5 Å². The van der Waals surface area contributed by atoms with Crippen LogP contribution in [0.1, 0.15) is 11.1 Å². The van der Waals surface area contributed by atoms with Crippen molar-refractivity contribution in [2.45, 2.75) is 19.0 Å². The third kappa shape index (κ3) is 4.35. The summed E-state index contributed by atoms with van der Waals surface area (Å²) < 4.78 is 18.9. The van der Waals surface area contributed by atoms with Gasteiger partial charge in [0.1, 0.15) is 11.6 Å². The fourth-order valence-corrected chi connectivity index (χ4v) is 4.91. The number of halogens is 1. The van der Waals surface area contributed by atoms with E-state index in [4.69, 9.17) is 4.74 Å². The number of fused-ring (bicyclic) bond motifs is 3. The highest BCUT2D eigenvalue weighted by Crippen LogP contribution is 2.39. The van der Waals surface area contributed by atoms with Crippen molar-refractivity contribution in [3.8, 4) is 5.75 Å². The van der Waals surface area contributed by atoms with E-state index in [2.05, 4.69) is 32.2 Å². The molecule has 5 rings (SSSR count). The molecule has 0 saturated carbocycles. The zero-order valence-corrected chi connectivity index (χ0v) is 18.6. The van der Waals surface area contributed by atoms with Gasteiger partial charge in [-0.3, -0.25) is 9.78 Å². The maximum atomic E-state index is 13.5. The summed E-state index contributed by atoms with van der Waals surface area (Å²) in [5, 5.41) is 3.12. The molecule has 1 fully saturated rings. The number of pyridine rings is 1. The maximum absolute atomic E-state index is 13.5. The summed E-state index contributed by atoms with van der Waals surface area (Å²) in [7, 11) is 1.67. The van der Waals surface area contributed by atoms with Crippen LogP contribution in [-0.4, -0.2) is 43.7 Å². The minimum Gasteiger partial charge on any atom is -0.497 e. The van der Waals surface area contributed by atoms with Crippen LogP contribution in [0.4, 0.5) is 15.8 Å². The van der Waals surface area contributed by atoms with E-state index in [0.717, 1.165) is 41.3 Å². The molecule has 0 unspecified atom stereocenters. The molecule has 7 heteroatoms.